The molecule has 1 aromatic carbocycles. The summed E-state index contributed by atoms with van der Waals surface area (Å²) >= 11 is 0. The van der Waals surface area contributed by atoms with E-state index in [0.717, 1.165) is 31.7 Å². The molecule has 0 radical (unpaired) electrons. The highest BCUT2D eigenvalue weighted by Crippen LogP contribution is 2.26. The van der Waals surface area contributed by atoms with Crippen LogP contribution in [-0.2, 0) is 11.2 Å². The van der Waals surface area contributed by atoms with Crippen LogP contribution in [0.3, 0.4) is 0 Å². The topological polar surface area (TPSA) is 54.5 Å². The third-order valence-electron chi connectivity index (χ3n) is 4.24. The van der Waals surface area contributed by atoms with E-state index in [1.165, 1.54) is 30.7 Å². The van der Waals surface area contributed by atoms with Gasteiger partial charge in [-0.05, 0) is 49.1 Å². The van der Waals surface area contributed by atoms with E-state index in [-0.39, 0.29) is 18.1 Å². The minimum Gasteiger partial charge on any atom is -0.406 e. The van der Waals surface area contributed by atoms with Crippen molar-refractivity contribution in [2.24, 2.45) is 0 Å². The molecular formula is C19H20F3N3O2. The fourth-order valence-electron chi connectivity index (χ4n) is 3.04. The van der Waals surface area contributed by atoms with Gasteiger partial charge in [-0.15, -0.1) is 13.2 Å². The second kappa shape index (κ2) is 8.28. The molecule has 1 aliphatic heterocycles. The van der Waals surface area contributed by atoms with Gasteiger partial charge in [0.25, 0.3) is 0 Å². The molecule has 1 N–H and O–H groups in total. The molecule has 3 rings (SSSR count). The molecule has 1 amide bonds. The first-order chi connectivity index (χ1) is 12.9. The average molecular weight is 379 g/mol. The molecule has 0 atom stereocenters. The minimum absolute atomic E-state index is 0.0423. The summed E-state index contributed by atoms with van der Waals surface area (Å²) in [4.78, 5) is 18.9. The maximum absolute atomic E-state index is 12.4. The van der Waals surface area contributed by atoms with Gasteiger partial charge in [0.05, 0.1) is 12.1 Å². The van der Waals surface area contributed by atoms with Crippen LogP contribution >= 0.6 is 0 Å². The van der Waals surface area contributed by atoms with Crippen LogP contribution in [0.4, 0.5) is 24.7 Å². The Balaban J connectivity index is 1.63. The Labute approximate surface area is 155 Å². The van der Waals surface area contributed by atoms with Crippen LogP contribution in [0.25, 0.3) is 0 Å². The number of rotatable bonds is 5. The molecule has 0 saturated carbocycles. The van der Waals surface area contributed by atoms with Gasteiger partial charge in [-0.1, -0.05) is 12.1 Å². The number of halogens is 3. The van der Waals surface area contributed by atoms with Gasteiger partial charge in [-0.3, -0.25) is 4.79 Å². The largest absolute Gasteiger partial charge is 0.573 e. The summed E-state index contributed by atoms with van der Waals surface area (Å²) < 4.78 is 40.4. The number of carbonyl (C=O) groups excluding carboxylic acids is 1. The number of aromatic nitrogens is 1. The first-order valence-corrected chi connectivity index (χ1v) is 8.75. The number of piperidine rings is 1. The molecule has 1 fully saturated rings. The molecular weight excluding hydrogens is 359 g/mol. The zero-order valence-electron chi connectivity index (χ0n) is 14.6. The van der Waals surface area contributed by atoms with Crippen LogP contribution in [0.2, 0.25) is 0 Å². The van der Waals surface area contributed by atoms with E-state index in [1.54, 1.807) is 18.3 Å². The molecule has 0 spiro atoms. The van der Waals surface area contributed by atoms with Crippen molar-refractivity contribution in [3.05, 3.63) is 48.2 Å². The first kappa shape index (κ1) is 19.0. The van der Waals surface area contributed by atoms with Crippen molar-refractivity contribution in [2.45, 2.75) is 32.0 Å². The number of hydrogen-bond acceptors (Lipinski definition) is 4. The quantitative estimate of drug-likeness (QED) is 0.848. The monoisotopic (exact) mass is 379 g/mol. The van der Waals surface area contributed by atoms with Gasteiger partial charge in [0.1, 0.15) is 5.75 Å². The third-order valence-corrected chi connectivity index (χ3v) is 4.24. The van der Waals surface area contributed by atoms with E-state index >= 15 is 0 Å². The lowest BCUT2D eigenvalue weighted by Gasteiger charge is -2.29. The summed E-state index contributed by atoms with van der Waals surface area (Å²) in [5.41, 5.74) is 1.23. The molecule has 1 aliphatic rings. The van der Waals surface area contributed by atoms with Gasteiger partial charge in [0, 0.05) is 19.3 Å². The Morgan fingerprint density at radius 1 is 1.11 bits per heavy atom. The second-order valence-electron chi connectivity index (χ2n) is 6.34. The smallest absolute Gasteiger partial charge is 0.406 e. The van der Waals surface area contributed by atoms with Crippen molar-refractivity contribution in [3.63, 3.8) is 0 Å². The van der Waals surface area contributed by atoms with Crippen molar-refractivity contribution in [1.29, 1.82) is 0 Å². The molecule has 27 heavy (non-hydrogen) atoms. The highest BCUT2D eigenvalue weighted by molar-refractivity contribution is 5.94. The van der Waals surface area contributed by atoms with Gasteiger partial charge >= 0.3 is 6.36 Å². The van der Waals surface area contributed by atoms with Crippen molar-refractivity contribution in [1.82, 2.24) is 4.98 Å². The molecule has 144 valence electrons. The van der Waals surface area contributed by atoms with Crippen LogP contribution in [0.1, 0.15) is 24.8 Å². The molecule has 1 aromatic heterocycles. The first-order valence-electron chi connectivity index (χ1n) is 8.75. The number of pyridine rings is 1. The Bertz CT molecular complexity index is 773. The summed E-state index contributed by atoms with van der Waals surface area (Å²) in [5, 5.41) is 2.85. The van der Waals surface area contributed by atoms with E-state index < -0.39 is 6.36 Å². The predicted octanol–water partition coefficient (Wildman–Crippen LogP) is 4.15. The fourth-order valence-corrected chi connectivity index (χ4v) is 3.04. The van der Waals surface area contributed by atoms with Crippen molar-refractivity contribution < 1.29 is 22.7 Å². The second-order valence-corrected chi connectivity index (χ2v) is 6.34. The van der Waals surface area contributed by atoms with Crippen molar-refractivity contribution in [3.8, 4) is 5.75 Å². The molecule has 2 heterocycles. The minimum atomic E-state index is -4.73. The van der Waals surface area contributed by atoms with E-state index in [4.69, 9.17) is 0 Å². The van der Waals surface area contributed by atoms with E-state index in [1.807, 2.05) is 0 Å². The molecule has 8 heteroatoms. The molecule has 0 unspecified atom stereocenters. The zero-order chi connectivity index (χ0) is 19.3. The molecule has 0 aliphatic carbocycles. The van der Waals surface area contributed by atoms with Crippen LogP contribution < -0.4 is 15.0 Å². The van der Waals surface area contributed by atoms with Crippen molar-refractivity contribution >= 4 is 17.4 Å². The molecule has 0 bridgehead atoms. The number of carbonyl (C=O) groups is 1. The van der Waals surface area contributed by atoms with Crippen LogP contribution in [-0.4, -0.2) is 30.3 Å². The SMILES string of the molecule is O=C(Cc1ccc(OC(F)(F)F)cc1)Nc1cccnc1N1CCCCC1. The lowest BCUT2D eigenvalue weighted by Crippen LogP contribution is -2.31. The number of ether oxygens (including phenoxy) is 1. The van der Waals surface area contributed by atoms with E-state index in [9.17, 15) is 18.0 Å². The van der Waals surface area contributed by atoms with Gasteiger partial charge < -0.3 is 15.0 Å². The highest BCUT2D eigenvalue weighted by atomic mass is 19.4. The maximum atomic E-state index is 12.4. The molecule has 1 saturated heterocycles. The van der Waals surface area contributed by atoms with Crippen LogP contribution in [0.5, 0.6) is 5.75 Å². The number of nitrogens with zero attached hydrogens (tertiary/aromatic N) is 2. The van der Waals surface area contributed by atoms with Gasteiger partial charge in [0.15, 0.2) is 5.82 Å². The zero-order valence-corrected chi connectivity index (χ0v) is 14.6. The Morgan fingerprint density at radius 3 is 2.48 bits per heavy atom. The number of hydrogen-bond donors (Lipinski definition) is 1. The number of amides is 1. The van der Waals surface area contributed by atoms with E-state index in [0.29, 0.717) is 11.3 Å². The Kier molecular flexibility index (Phi) is 5.83. The van der Waals surface area contributed by atoms with Gasteiger partial charge in [-0.25, -0.2) is 4.98 Å². The highest BCUT2D eigenvalue weighted by Gasteiger charge is 2.31. The van der Waals surface area contributed by atoms with Gasteiger partial charge in [0.2, 0.25) is 5.91 Å². The number of alkyl halides is 3. The normalized spacial score (nSPS) is 14.7. The molecule has 2 aromatic rings. The summed E-state index contributed by atoms with van der Waals surface area (Å²) in [6, 6.07) is 8.82. The number of anilines is 2. The van der Waals surface area contributed by atoms with Gasteiger partial charge in [-0.2, -0.15) is 0 Å². The Morgan fingerprint density at radius 2 is 1.81 bits per heavy atom. The third kappa shape index (κ3) is 5.60. The lowest BCUT2D eigenvalue weighted by molar-refractivity contribution is -0.274. The summed E-state index contributed by atoms with van der Waals surface area (Å²) in [6.07, 6.45) is 0.384. The number of nitrogens with one attached hydrogen (secondary N) is 1. The standard InChI is InChI=1S/C19H20F3N3O2/c20-19(21,22)27-15-8-6-14(7-9-15)13-17(26)24-16-5-4-10-23-18(16)25-11-2-1-3-12-25/h4-10H,1-3,11-13H2,(H,24,26). The fraction of sp³-hybridized carbons (Fsp3) is 0.368. The average Bonchev–Trinajstić information content (AvgIpc) is 2.63. The summed E-state index contributed by atoms with van der Waals surface area (Å²) in [5.74, 6) is 0.177. The molecule has 5 nitrogen and oxygen atoms in total. The predicted molar refractivity (Wildman–Crippen MR) is 95.8 cm³/mol. The van der Waals surface area contributed by atoms with Crippen molar-refractivity contribution in [2.75, 3.05) is 23.3 Å². The van der Waals surface area contributed by atoms with Crippen LogP contribution in [0.15, 0.2) is 42.6 Å². The summed E-state index contributed by atoms with van der Waals surface area (Å²) in [6.45, 7) is 1.81. The lowest BCUT2D eigenvalue weighted by atomic mass is 10.1. The Hall–Kier alpha value is -2.77. The van der Waals surface area contributed by atoms with Crippen LogP contribution in [0, 0.1) is 0 Å². The number of benzene rings is 1. The van der Waals surface area contributed by atoms with E-state index in [2.05, 4.69) is 19.9 Å². The summed E-state index contributed by atoms with van der Waals surface area (Å²) in [7, 11) is 0. The maximum Gasteiger partial charge on any atom is 0.573 e.